The van der Waals surface area contributed by atoms with Crippen molar-refractivity contribution in [2.45, 2.75) is 13.1 Å². The van der Waals surface area contributed by atoms with Crippen LogP contribution in [0.15, 0.2) is 54.9 Å². The van der Waals surface area contributed by atoms with Crippen LogP contribution in [0.1, 0.15) is 11.1 Å². The van der Waals surface area contributed by atoms with E-state index in [9.17, 15) is 13.2 Å². The molecule has 0 aliphatic heterocycles. The highest BCUT2D eigenvalue weighted by Gasteiger charge is 2.30. The van der Waals surface area contributed by atoms with Gasteiger partial charge in [0.1, 0.15) is 6.33 Å². The lowest BCUT2D eigenvalue weighted by molar-refractivity contribution is -0.137. The predicted molar refractivity (Wildman–Crippen MR) is 76.5 cm³/mol. The zero-order valence-corrected chi connectivity index (χ0v) is 11.7. The van der Waals surface area contributed by atoms with Gasteiger partial charge >= 0.3 is 6.18 Å². The van der Waals surface area contributed by atoms with Crippen LogP contribution in [-0.4, -0.2) is 14.8 Å². The lowest BCUT2D eigenvalue weighted by Crippen LogP contribution is -2.05. The van der Waals surface area contributed by atoms with Crippen LogP contribution in [0.5, 0.6) is 0 Å². The molecular formula is C16H12F3N3. The molecule has 0 radical (unpaired) electrons. The number of rotatable bonds is 2. The smallest absolute Gasteiger partial charge is 0.220 e. The summed E-state index contributed by atoms with van der Waals surface area (Å²) in [5.74, 6) is 0.528. The van der Waals surface area contributed by atoms with Crippen molar-refractivity contribution in [2.24, 2.45) is 0 Å². The molecular weight excluding hydrogens is 291 g/mol. The Hall–Kier alpha value is -2.63. The predicted octanol–water partition coefficient (Wildman–Crippen LogP) is 4.26. The van der Waals surface area contributed by atoms with E-state index in [1.165, 1.54) is 23.1 Å². The molecule has 0 N–H and O–H groups in total. The Morgan fingerprint density at radius 2 is 1.55 bits per heavy atom. The van der Waals surface area contributed by atoms with E-state index in [0.717, 1.165) is 23.3 Å². The van der Waals surface area contributed by atoms with Gasteiger partial charge in [-0.25, -0.2) is 9.67 Å². The highest BCUT2D eigenvalue weighted by molar-refractivity contribution is 5.55. The highest BCUT2D eigenvalue weighted by Crippen LogP contribution is 2.29. The number of hydrogen-bond acceptors (Lipinski definition) is 2. The van der Waals surface area contributed by atoms with Gasteiger partial charge in [-0.3, -0.25) is 0 Å². The van der Waals surface area contributed by atoms with E-state index in [4.69, 9.17) is 0 Å². The van der Waals surface area contributed by atoms with Crippen molar-refractivity contribution >= 4 is 0 Å². The Labute approximate surface area is 125 Å². The quantitative estimate of drug-likeness (QED) is 0.708. The molecule has 22 heavy (non-hydrogen) atoms. The number of hydrogen-bond donors (Lipinski definition) is 0. The molecule has 0 saturated carbocycles. The van der Waals surface area contributed by atoms with Crippen LogP contribution in [0.2, 0.25) is 0 Å². The summed E-state index contributed by atoms with van der Waals surface area (Å²) in [6.07, 6.45) is -2.86. The van der Waals surface area contributed by atoms with E-state index in [0.29, 0.717) is 11.5 Å². The highest BCUT2D eigenvalue weighted by atomic mass is 19.4. The van der Waals surface area contributed by atoms with Crippen LogP contribution in [0.3, 0.4) is 0 Å². The minimum atomic E-state index is -4.34. The van der Waals surface area contributed by atoms with Crippen LogP contribution in [0.4, 0.5) is 13.2 Å². The first-order chi connectivity index (χ1) is 10.4. The van der Waals surface area contributed by atoms with Gasteiger partial charge in [0.2, 0.25) is 0 Å². The lowest BCUT2D eigenvalue weighted by Gasteiger charge is -2.07. The third-order valence-electron chi connectivity index (χ3n) is 3.26. The molecule has 0 amide bonds. The zero-order chi connectivity index (χ0) is 15.7. The summed E-state index contributed by atoms with van der Waals surface area (Å²) in [4.78, 5) is 4.19. The molecule has 0 fully saturated rings. The second-order valence-corrected chi connectivity index (χ2v) is 4.92. The maximum Gasteiger partial charge on any atom is 0.416 e. The molecule has 112 valence electrons. The van der Waals surface area contributed by atoms with Gasteiger partial charge in [-0.1, -0.05) is 29.8 Å². The van der Waals surface area contributed by atoms with Gasteiger partial charge in [0.05, 0.1) is 11.3 Å². The standard InChI is InChI=1S/C16H12F3N3/c1-11-2-4-12(5-3-11)15-20-10-22(21-15)14-8-6-13(7-9-14)16(17,18)19/h2-10H,1H3. The van der Waals surface area contributed by atoms with E-state index in [-0.39, 0.29) is 0 Å². The fraction of sp³-hybridized carbons (Fsp3) is 0.125. The molecule has 0 atom stereocenters. The van der Waals surface area contributed by atoms with E-state index in [1.807, 2.05) is 31.2 Å². The van der Waals surface area contributed by atoms with Gasteiger partial charge in [-0.05, 0) is 31.2 Å². The summed E-state index contributed by atoms with van der Waals surface area (Å²) < 4.78 is 39.1. The Kier molecular flexibility index (Phi) is 3.44. The first kappa shape index (κ1) is 14.3. The molecule has 0 saturated heterocycles. The minimum Gasteiger partial charge on any atom is -0.220 e. The molecule has 1 aromatic heterocycles. The van der Waals surface area contributed by atoms with Crippen molar-refractivity contribution in [1.29, 1.82) is 0 Å². The molecule has 3 rings (SSSR count). The maximum absolute atomic E-state index is 12.5. The molecule has 1 heterocycles. The van der Waals surface area contributed by atoms with Crippen molar-refractivity contribution < 1.29 is 13.2 Å². The van der Waals surface area contributed by atoms with Crippen LogP contribution in [-0.2, 0) is 6.18 Å². The van der Waals surface area contributed by atoms with E-state index >= 15 is 0 Å². The average molecular weight is 303 g/mol. The zero-order valence-electron chi connectivity index (χ0n) is 11.7. The van der Waals surface area contributed by atoms with Gasteiger partial charge in [0.25, 0.3) is 0 Å². The molecule has 0 aliphatic rings. The van der Waals surface area contributed by atoms with Crippen molar-refractivity contribution in [2.75, 3.05) is 0 Å². The van der Waals surface area contributed by atoms with Crippen LogP contribution in [0, 0.1) is 6.92 Å². The van der Waals surface area contributed by atoms with E-state index in [2.05, 4.69) is 10.1 Å². The average Bonchev–Trinajstić information content (AvgIpc) is 2.97. The molecule has 3 nitrogen and oxygen atoms in total. The topological polar surface area (TPSA) is 30.7 Å². The van der Waals surface area contributed by atoms with Gasteiger partial charge in [0.15, 0.2) is 5.82 Å². The first-order valence-electron chi connectivity index (χ1n) is 6.60. The number of alkyl halides is 3. The Morgan fingerprint density at radius 1 is 0.909 bits per heavy atom. The number of nitrogens with zero attached hydrogens (tertiary/aromatic N) is 3. The molecule has 2 aromatic carbocycles. The summed E-state index contributed by atoms with van der Waals surface area (Å²) in [6.45, 7) is 1.98. The fourth-order valence-electron chi connectivity index (χ4n) is 2.03. The molecule has 0 bridgehead atoms. The number of halogens is 3. The summed E-state index contributed by atoms with van der Waals surface area (Å²) >= 11 is 0. The van der Waals surface area contributed by atoms with Gasteiger partial charge < -0.3 is 0 Å². The van der Waals surface area contributed by atoms with Crippen molar-refractivity contribution in [3.63, 3.8) is 0 Å². The normalized spacial score (nSPS) is 11.6. The second-order valence-electron chi connectivity index (χ2n) is 4.92. The van der Waals surface area contributed by atoms with Crippen molar-refractivity contribution in [1.82, 2.24) is 14.8 Å². The van der Waals surface area contributed by atoms with Crippen molar-refractivity contribution in [3.8, 4) is 17.1 Å². The number of benzene rings is 2. The third-order valence-corrected chi connectivity index (χ3v) is 3.26. The minimum absolute atomic E-state index is 0.527. The summed E-state index contributed by atoms with van der Waals surface area (Å²) in [5, 5.41) is 4.30. The van der Waals surface area contributed by atoms with Gasteiger partial charge in [-0.2, -0.15) is 13.2 Å². The monoisotopic (exact) mass is 303 g/mol. The molecule has 0 unspecified atom stereocenters. The summed E-state index contributed by atoms with van der Waals surface area (Å²) in [5.41, 5.74) is 1.83. The molecule has 6 heteroatoms. The largest absolute Gasteiger partial charge is 0.416 e. The fourth-order valence-corrected chi connectivity index (χ4v) is 2.03. The van der Waals surface area contributed by atoms with E-state index < -0.39 is 11.7 Å². The summed E-state index contributed by atoms with van der Waals surface area (Å²) in [6, 6.07) is 12.5. The molecule has 0 spiro atoms. The maximum atomic E-state index is 12.5. The van der Waals surface area contributed by atoms with Gasteiger partial charge in [-0.15, -0.1) is 5.10 Å². The second kappa shape index (κ2) is 5.29. The van der Waals surface area contributed by atoms with Crippen LogP contribution < -0.4 is 0 Å². The Balaban J connectivity index is 1.89. The van der Waals surface area contributed by atoms with Crippen LogP contribution >= 0.6 is 0 Å². The lowest BCUT2D eigenvalue weighted by atomic mass is 10.1. The van der Waals surface area contributed by atoms with Crippen molar-refractivity contribution in [3.05, 3.63) is 66.0 Å². The van der Waals surface area contributed by atoms with Gasteiger partial charge in [0, 0.05) is 5.56 Å². The SMILES string of the molecule is Cc1ccc(-c2ncn(-c3ccc(C(F)(F)F)cc3)n2)cc1. The molecule has 3 aromatic rings. The Bertz CT molecular complexity index is 772. The first-order valence-corrected chi connectivity index (χ1v) is 6.60. The third kappa shape index (κ3) is 2.86. The summed E-state index contributed by atoms with van der Waals surface area (Å²) in [7, 11) is 0. The number of aromatic nitrogens is 3. The molecule has 0 aliphatic carbocycles. The van der Waals surface area contributed by atoms with E-state index in [1.54, 1.807) is 0 Å². The number of aryl methyl sites for hydroxylation is 1. The van der Waals surface area contributed by atoms with Crippen LogP contribution in [0.25, 0.3) is 17.1 Å². The Morgan fingerprint density at radius 3 is 2.14 bits per heavy atom.